The van der Waals surface area contributed by atoms with Crippen LogP contribution in [0.1, 0.15) is 58.2 Å². The highest BCUT2D eigenvalue weighted by molar-refractivity contribution is 9.10. The zero-order valence-electron chi connectivity index (χ0n) is 11.5. The molecule has 1 rings (SSSR count). The van der Waals surface area contributed by atoms with Gasteiger partial charge in [0, 0.05) is 6.61 Å². The molecule has 1 aromatic rings. The summed E-state index contributed by atoms with van der Waals surface area (Å²) in [7, 11) is 0. The molecule has 18 heavy (non-hydrogen) atoms. The normalized spacial score (nSPS) is 13.4. The van der Waals surface area contributed by atoms with Crippen molar-refractivity contribution in [2.24, 2.45) is 5.92 Å². The Morgan fingerprint density at radius 2 is 1.83 bits per heavy atom. The van der Waals surface area contributed by atoms with E-state index < -0.39 is 0 Å². The molecule has 0 amide bonds. The summed E-state index contributed by atoms with van der Waals surface area (Å²) >= 11 is 9.60. The minimum absolute atomic E-state index is 0.113. The molecule has 0 aliphatic heterocycles. The Hall–Kier alpha value is -0.190. The maximum Gasteiger partial charge on any atom is 0.159 e. The summed E-state index contributed by atoms with van der Waals surface area (Å²) in [6.07, 6.45) is -0.113. The lowest BCUT2D eigenvalue weighted by atomic mass is 10.1. The summed E-state index contributed by atoms with van der Waals surface area (Å²) in [6, 6.07) is 0. The second kappa shape index (κ2) is 6.83. The van der Waals surface area contributed by atoms with E-state index in [2.05, 4.69) is 53.6 Å². The zero-order chi connectivity index (χ0) is 13.9. The van der Waals surface area contributed by atoms with Crippen molar-refractivity contribution in [3.05, 3.63) is 21.1 Å². The minimum atomic E-state index is -0.113. The lowest BCUT2D eigenvalue weighted by molar-refractivity contribution is 0.0230. The van der Waals surface area contributed by atoms with Crippen LogP contribution in [0.25, 0.3) is 0 Å². The zero-order valence-corrected chi connectivity index (χ0v) is 13.8. The van der Waals surface area contributed by atoms with Crippen LogP contribution in [0.2, 0.25) is 5.15 Å². The summed E-state index contributed by atoms with van der Waals surface area (Å²) in [4.78, 5) is 8.94. The average molecular weight is 336 g/mol. The topological polar surface area (TPSA) is 35.0 Å². The fourth-order valence-electron chi connectivity index (χ4n) is 1.71. The summed E-state index contributed by atoms with van der Waals surface area (Å²) in [5.74, 6) is 1.26. The van der Waals surface area contributed by atoms with Crippen LogP contribution in [0.4, 0.5) is 0 Å². The molecule has 0 saturated carbocycles. The number of hydrogen-bond acceptors (Lipinski definition) is 3. The van der Waals surface area contributed by atoms with Gasteiger partial charge in [0.1, 0.15) is 11.3 Å². The van der Waals surface area contributed by atoms with E-state index in [0.717, 1.165) is 10.2 Å². The third-order valence-corrected chi connectivity index (χ3v) is 3.89. The number of halogens is 2. The molecule has 1 heterocycles. The Labute approximate surface area is 122 Å². The molecule has 0 aliphatic rings. The van der Waals surface area contributed by atoms with Crippen molar-refractivity contribution in [2.45, 2.75) is 46.6 Å². The average Bonchev–Trinajstić information content (AvgIpc) is 2.28. The van der Waals surface area contributed by atoms with E-state index in [1.165, 1.54) is 0 Å². The number of ether oxygens (including phenoxy) is 1. The molecule has 1 unspecified atom stereocenters. The largest absolute Gasteiger partial charge is 0.370 e. The van der Waals surface area contributed by atoms with Gasteiger partial charge in [-0.1, -0.05) is 39.3 Å². The molecule has 102 valence electrons. The van der Waals surface area contributed by atoms with E-state index in [1.54, 1.807) is 0 Å². The molecule has 0 saturated heterocycles. The highest BCUT2D eigenvalue weighted by Crippen LogP contribution is 2.32. The quantitative estimate of drug-likeness (QED) is 0.728. The number of hydrogen-bond donors (Lipinski definition) is 0. The molecule has 0 aliphatic carbocycles. The predicted octanol–water partition coefficient (Wildman–Crippen LogP) is 4.75. The fraction of sp³-hybridized carbons (Fsp3) is 0.692. The van der Waals surface area contributed by atoms with Gasteiger partial charge in [0.15, 0.2) is 5.82 Å². The third kappa shape index (κ3) is 3.65. The first-order chi connectivity index (χ1) is 8.38. The van der Waals surface area contributed by atoms with Crippen molar-refractivity contribution in [3.63, 3.8) is 0 Å². The molecule has 0 aromatic carbocycles. The Balaban J connectivity index is 3.23. The van der Waals surface area contributed by atoms with Gasteiger partial charge in [-0.3, -0.25) is 0 Å². The fourth-order valence-corrected chi connectivity index (χ4v) is 2.53. The van der Waals surface area contributed by atoms with E-state index in [4.69, 9.17) is 16.3 Å². The van der Waals surface area contributed by atoms with Gasteiger partial charge in [-0.05, 0) is 34.7 Å². The Morgan fingerprint density at radius 3 is 2.28 bits per heavy atom. The van der Waals surface area contributed by atoms with Crippen molar-refractivity contribution in [3.8, 4) is 0 Å². The van der Waals surface area contributed by atoms with Gasteiger partial charge in [0.2, 0.25) is 0 Å². The van der Waals surface area contributed by atoms with Crippen molar-refractivity contribution in [1.82, 2.24) is 9.97 Å². The van der Waals surface area contributed by atoms with E-state index in [-0.39, 0.29) is 12.0 Å². The molecule has 1 aromatic heterocycles. The van der Waals surface area contributed by atoms with Gasteiger partial charge in [-0.25, -0.2) is 9.97 Å². The molecule has 0 fully saturated rings. The van der Waals surface area contributed by atoms with Crippen LogP contribution in [0.3, 0.4) is 0 Å². The standard InChI is InChI=1S/C13H20BrClN2O/c1-6-18-11(8(4)5)13-16-10(7(2)3)9(14)12(15)17-13/h7-8,11H,6H2,1-5H3. The molecular weight excluding hydrogens is 316 g/mol. The first-order valence-electron chi connectivity index (χ1n) is 6.22. The van der Waals surface area contributed by atoms with Crippen molar-refractivity contribution in [1.29, 1.82) is 0 Å². The molecule has 5 heteroatoms. The van der Waals surface area contributed by atoms with Gasteiger partial charge >= 0.3 is 0 Å². The lowest BCUT2D eigenvalue weighted by Gasteiger charge is -2.21. The summed E-state index contributed by atoms with van der Waals surface area (Å²) in [5.41, 5.74) is 0.926. The van der Waals surface area contributed by atoms with E-state index in [9.17, 15) is 0 Å². The van der Waals surface area contributed by atoms with Crippen molar-refractivity contribution in [2.75, 3.05) is 6.61 Å². The predicted molar refractivity (Wildman–Crippen MR) is 78.0 cm³/mol. The van der Waals surface area contributed by atoms with Crippen molar-refractivity contribution < 1.29 is 4.74 Å². The van der Waals surface area contributed by atoms with Gasteiger partial charge in [0.05, 0.1) is 10.2 Å². The monoisotopic (exact) mass is 334 g/mol. The second-order valence-electron chi connectivity index (χ2n) is 4.85. The molecule has 3 nitrogen and oxygen atoms in total. The third-order valence-electron chi connectivity index (χ3n) is 2.61. The van der Waals surface area contributed by atoms with Gasteiger partial charge in [-0.2, -0.15) is 0 Å². The van der Waals surface area contributed by atoms with Crippen molar-refractivity contribution >= 4 is 27.5 Å². The SMILES string of the molecule is CCOC(c1nc(Cl)c(Br)c(C(C)C)n1)C(C)C. The molecule has 0 spiro atoms. The first kappa shape index (κ1) is 15.9. The lowest BCUT2D eigenvalue weighted by Crippen LogP contribution is -2.16. The van der Waals surface area contributed by atoms with Crippen LogP contribution in [-0.2, 0) is 4.74 Å². The summed E-state index contributed by atoms with van der Waals surface area (Å²) < 4.78 is 6.50. The Morgan fingerprint density at radius 1 is 1.22 bits per heavy atom. The van der Waals surface area contributed by atoms with Crippen LogP contribution >= 0.6 is 27.5 Å². The van der Waals surface area contributed by atoms with E-state index in [1.807, 2.05) is 6.92 Å². The minimum Gasteiger partial charge on any atom is -0.370 e. The van der Waals surface area contributed by atoms with E-state index >= 15 is 0 Å². The second-order valence-corrected chi connectivity index (χ2v) is 6.00. The molecule has 0 N–H and O–H groups in total. The highest BCUT2D eigenvalue weighted by Gasteiger charge is 2.22. The highest BCUT2D eigenvalue weighted by atomic mass is 79.9. The Bertz CT molecular complexity index is 410. The Kier molecular flexibility index (Phi) is 6.02. The maximum atomic E-state index is 6.16. The van der Waals surface area contributed by atoms with E-state index in [0.29, 0.717) is 23.5 Å². The maximum absolute atomic E-state index is 6.16. The molecule has 0 radical (unpaired) electrons. The van der Waals surface area contributed by atoms with Crippen LogP contribution in [-0.4, -0.2) is 16.6 Å². The first-order valence-corrected chi connectivity index (χ1v) is 7.39. The van der Waals surface area contributed by atoms with Crippen LogP contribution in [0, 0.1) is 5.92 Å². The summed E-state index contributed by atoms with van der Waals surface area (Å²) in [6.45, 7) is 11.0. The number of rotatable bonds is 5. The van der Waals surface area contributed by atoms with Crippen LogP contribution in [0.5, 0.6) is 0 Å². The van der Waals surface area contributed by atoms with Gasteiger partial charge in [-0.15, -0.1) is 0 Å². The smallest absolute Gasteiger partial charge is 0.159 e. The van der Waals surface area contributed by atoms with Crippen LogP contribution in [0.15, 0.2) is 4.47 Å². The van der Waals surface area contributed by atoms with Gasteiger partial charge < -0.3 is 4.74 Å². The molecular formula is C13H20BrClN2O. The van der Waals surface area contributed by atoms with Crippen LogP contribution < -0.4 is 0 Å². The number of nitrogens with zero attached hydrogens (tertiary/aromatic N) is 2. The molecule has 1 atom stereocenters. The summed E-state index contributed by atoms with van der Waals surface area (Å²) in [5, 5.41) is 0.453. The molecule has 0 bridgehead atoms. The van der Waals surface area contributed by atoms with Gasteiger partial charge in [0.25, 0.3) is 0 Å². The number of aromatic nitrogens is 2.